The summed E-state index contributed by atoms with van der Waals surface area (Å²) in [5, 5.41) is 0. The predicted octanol–water partition coefficient (Wildman–Crippen LogP) is 7.91. The van der Waals surface area contributed by atoms with Crippen molar-refractivity contribution in [1.29, 1.82) is 0 Å². The molecule has 2 aromatic carbocycles. The topological polar surface area (TPSA) is 0 Å². The number of hydrogen-bond donors (Lipinski definition) is 0. The largest absolute Gasteiger partial charge is 0.206 e. The maximum Gasteiger partial charge on any atom is 0.194 e. The molecule has 0 heterocycles. The Kier molecular flexibility index (Phi) is 7.58. The molecule has 0 bridgehead atoms. The van der Waals surface area contributed by atoms with Crippen LogP contribution in [-0.2, 0) is 12.8 Å². The summed E-state index contributed by atoms with van der Waals surface area (Å²) in [6.45, 7) is 2.07. The van der Waals surface area contributed by atoms with E-state index in [0.29, 0.717) is 5.92 Å². The third kappa shape index (κ3) is 5.69. The van der Waals surface area contributed by atoms with Crippen LogP contribution in [0, 0.1) is 52.9 Å². The lowest BCUT2D eigenvalue weighted by molar-refractivity contribution is 0.185. The van der Waals surface area contributed by atoms with Gasteiger partial charge in [-0.3, -0.25) is 0 Å². The molecule has 2 aromatic rings. The lowest BCUT2D eigenvalue weighted by Gasteiger charge is -2.36. The molecule has 0 nitrogen and oxygen atoms in total. The van der Waals surface area contributed by atoms with Gasteiger partial charge in [-0.15, -0.1) is 0 Å². The van der Waals surface area contributed by atoms with E-state index in [2.05, 4.69) is 30.9 Å². The average Bonchev–Trinajstić information content (AvgIpc) is 2.81. The van der Waals surface area contributed by atoms with E-state index in [9.17, 15) is 17.6 Å². The van der Waals surface area contributed by atoms with Crippen molar-refractivity contribution in [3.05, 3.63) is 81.9 Å². The highest BCUT2D eigenvalue weighted by molar-refractivity contribution is 5.47. The van der Waals surface area contributed by atoms with Crippen molar-refractivity contribution < 1.29 is 17.6 Å². The fourth-order valence-electron chi connectivity index (χ4n) is 5.52. The lowest BCUT2D eigenvalue weighted by atomic mass is 9.69. The third-order valence-electron chi connectivity index (χ3n) is 7.42. The number of allylic oxidation sites excluding steroid dienone is 2. The van der Waals surface area contributed by atoms with Gasteiger partial charge in [-0.2, -0.15) is 0 Å². The molecule has 4 rings (SSSR count). The maximum atomic E-state index is 14.8. The van der Waals surface area contributed by atoms with Crippen molar-refractivity contribution >= 4 is 0 Å². The Hall–Kier alpha value is -2.54. The zero-order valence-corrected chi connectivity index (χ0v) is 19.1. The zero-order valence-electron chi connectivity index (χ0n) is 19.1. The van der Waals surface area contributed by atoms with Crippen LogP contribution in [0.2, 0.25) is 0 Å². The summed E-state index contributed by atoms with van der Waals surface area (Å²) in [5.74, 6) is 2.85. The molecule has 174 valence electrons. The second kappa shape index (κ2) is 10.6. The fourth-order valence-corrected chi connectivity index (χ4v) is 5.52. The molecule has 33 heavy (non-hydrogen) atoms. The summed E-state index contributed by atoms with van der Waals surface area (Å²) >= 11 is 0. The van der Waals surface area contributed by atoms with Gasteiger partial charge in [0.2, 0.25) is 0 Å². The van der Waals surface area contributed by atoms with Gasteiger partial charge in [0.25, 0.3) is 0 Å². The molecule has 2 aliphatic carbocycles. The van der Waals surface area contributed by atoms with Crippen molar-refractivity contribution in [2.45, 2.75) is 64.7 Å². The standard InChI is InChI=1S/C29H30F4/c1-2-3-4-5-19-6-9-21(10-7-19)22-12-13-23-16-24(26(30)18-25(23)17-22)11-8-20-14-27(31)29(33)28(32)15-20/h2-3,14-16,18-19,21-22H,4-7,9-10,12-13,17H2,1H3/b3-2+. The van der Waals surface area contributed by atoms with E-state index in [1.807, 2.05) is 0 Å². The number of fused-ring (bicyclic) bond motifs is 1. The van der Waals surface area contributed by atoms with Crippen molar-refractivity contribution in [3.63, 3.8) is 0 Å². The summed E-state index contributed by atoms with van der Waals surface area (Å²) in [6.07, 6.45) is 14.9. The second-order valence-corrected chi connectivity index (χ2v) is 9.53. The van der Waals surface area contributed by atoms with E-state index >= 15 is 0 Å². The van der Waals surface area contributed by atoms with Gasteiger partial charge in [0.1, 0.15) is 5.82 Å². The molecule has 0 amide bonds. The van der Waals surface area contributed by atoms with Gasteiger partial charge in [0, 0.05) is 5.56 Å². The van der Waals surface area contributed by atoms with Gasteiger partial charge < -0.3 is 0 Å². The Bertz CT molecular complexity index is 1060. The summed E-state index contributed by atoms with van der Waals surface area (Å²) in [6, 6.07) is 4.99. The van der Waals surface area contributed by atoms with Crippen LogP contribution >= 0.6 is 0 Å². The van der Waals surface area contributed by atoms with E-state index in [-0.39, 0.29) is 11.1 Å². The van der Waals surface area contributed by atoms with Gasteiger partial charge in [0.15, 0.2) is 17.5 Å². The average molecular weight is 455 g/mol. The minimum Gasteiger partial charge on any atom is -0.206 e. The first-order chi connectivity index (χ1) is 15.9. The Morgan fingerprint density at radius 1 is 0.818 bits per heavy atom. The highest BCUT2D eigenvalue weighted by Crippen LogP contribution is 2.41. The van der Waals surface area contributed by atoms with E-state index in [1.165, 1.54) is 38.5 Å². The van der Waals surface area contributed by atoms with Crippen LogP contribution in [0.3, 0.4) is 0 Å². The first-order valence-corrected chi connectivity index (χ1v) is 12.0. The molecule has 0 saturated heterocycles. The Morgan fingerprint density at radius 3 is 2.24 bits per heavy atom. The monoisotopic (exact) mass is 454 g/mol. The molecule has 2 aliphatic rings. The fraction of sp³-hybridized carbons (Fsp3) is 0.448. The van der Waals surface area contributed by atoms with E-state index in [0.717, 1.165) is 54.4 Å². The van der Waals surface area contributed by atoms with Gasteiger partial charge in [-0.25, -0.2) is 17.6 Å². The van der Waals surface area contributed by atoms with Gasteiger partial charge in [0.05, 0.1) is 5.56 Å². The Morgan fingerprint density at radius 2 is 1.55 bits per heavy atom. The van der Waals surface area contributed by atoms with Gasteiger partial charge in [-0.1, -0.05) is 36.8 Å². The molecule has 0 spiro atoms. The molecular formula is C29H30F4. The third-order valence-corrected chi connectivity index (χ3v) is 7.42. The maximum absolute atomic E-state index is 14.8. The molecule has 0 aliphatic heterocycles. The number of aryl methyl sites for hydroxylation is 1. The van der Waals surface area contributed by atoms with Gasteiger partial charge >= 0.3 is 0 Å². The second-order valence-electron chi connectivity index (χ2n) is 9.53. The van der Waals surface area contributed by atoms with Crippen LogP contribution in [0.5, 0.6) is 0 Å². The minimum atomic E-state index is -1.53. The molecule has 0 radical (unpaired) electrons. The normalized spacial score (nSPS) is 22.6. The molecule has 0 N–H and O–H groups in total. The molecule has 1 saturated carbocycles. The van der Waals surface area contributed by atoms with Crippen LogP contribution in [0.4, 0.5) is 17.6 Å². The number of benzene rings is 2. The van der Waals surface area contributed by atoms with Crippen LogP contribution in [0.1, 0.15) is 74.1 Å². The van der Waals surface area contributed by atoms with Crippen molar-refractivity contribution in [1.82, 2.24) is 0 Å². The SMILES string of the molecule is C/C=C/CCC1CCC(C2CCc3cc(C#Cc4cc(F)c(F)c(F)c4)c(F)cc3C2)CC1. The zero-order chi connectivity index (χ0) is 23.4. The summed E-state index contributed by atoms with van der Waals surface area (Å²) in [5.41, 5.74) is 2.35. The smallest absolute Gasteiger partial charge is 0.194 e. The van der Waals surface area contributed by atoms with Crippen LogP contribution in [0.15, 0.2) is 36.4 Å². The molecule has 0 aromatic heterocycles. The minimum absolute atomic E-state index is 0.0232. The molecule has 1 fully saturated rings. The first-order valence-electron chi connectivity index (χ1n) is 12.0. The summed E-state index contributed by atoms with van der Waals surface area (Å²) in [7, 11) is 0. The van der Waals surface area contributed by atoms with E-state index < -0.39 is 23.3 Å². The highest BCUT2D eigenvalue weighted by atomic mass is 19.2. The lowest BCUT2D eigenvalue weighted by Crippen LogP contribution is -2.26. The molecule has 1 atom stereocenters. The van der Waals surface area contributed by atoms with E-state index in [4.69, 9.17) is 0 Å². The quantitative estimate of drug-likeness (QED) is 0.191. The first kappa shape index (κ1) is 23.6. The predicted molar refractivity (Wildman–Crippen MR) is 124 cm³/mol. The molecule has 1 unspecified atom stereocenters. The van der Waals surface area contributed by atoms with Gasteiger partial charge in [-0.05, 0) is 105 Å². The van der Waals surface area contributed by atoms with Crippen LogP contribution in [0.25, 0.3) is 0 Å². The Labute approximate surface area is 194 Å². The van der Waals surface area contributed by atoms with Crippen LogP contribution < -0.4 is 0 Å². The molecule has 4 heteroatoms. The van der Waals surface area contributed by atoms with Crippen LogP contribution in [-0.4, -0.2) is 0 Å². The Balaban J connectivity index is 1.41. The summed E-state index contributed by atoms with van der Waals surface area (Å²) < 4.78 is 54.7. The number of rotatable bonds is 4. The molecular weight excluding hydrogens is 424 g/mol. The van der Waals surface area contributed by atoms with Crippen molar-refractivity contribution in [2.24, 2.45) is 17.8 Å². The number of halogens is 4. The van der Waals surface area contributed by atoms with Crippen molar-refractivity contribution in [3.8, 4) is 11.8 Å². The highest BCUT2D eigenvalue weighted by Gasteiger charge is 2.30. The van der Waals surface area contributed by atoms with Crippen molar-refractivity contribution in [2.75, 3.05) is 0 Å². The van der Waals surface area contributed by atoms with E-state index in [1.54, 1.807) is 12.1 Å². The summed E-state index contributed by atoms with van der Waals surface area (Å²) in [4.78, 5) is 0. The number of hydrogen-bond acceptors (Lipinski definition) is 0.